The normalized spacial score (nSPS) is 13.5. The van der Waals surface area contributed by atoms with Crippen molar-refractivity contribution in [3.8, 4) is 0 Å². The van der Waals surface area contributed by atoms with Gasteiger partial charge < -0.3 is 10.1 Å². The third kappa shape index (κ3) is 5.33. The van der Waals surface area contributed by atoms with Gasteiger partial charge in [-0.1, -0.05) is 31.0 Å². The van der Waals surface area contributed by atoms with E-state index in [2.05, 4.69) is 5.32 Å². The van der Waals surface area contributed by atoms with Crippen LogP contribution in [0.5, 0.6) is 0 Å². The lowest BCUT2D eigenvalue weighted by Gasteiger charge is -2.23. The summed E-state index contributed by atoms with van der Waals surface area (Å²) in [7, 11) is -3.64. The molecular formula is C16H25NO4S. The molecule has 1 amide bonds. The highest BCUT2D eigenvalue weighted by Gasteiger charge is 2.30. The van der Waals surface area contributed by atoms with Crippen LogP contribution in [0, 0.1) is 6.92 Å². The molecule has 1 rings (SSSR count). The van der Waals surface area contributed by atoms with Gasteiger partial charge in [-0.05, 0) is 46.2 Å². The maximum atomic E-state index is 12.7. The molecule has 1 unspecified atom stereocenters. The zero-order valence-electron chi connectivity index (χ0n) is 13.8. The van der Waals surface area contributed by atoms with Crippen LogP contribution in [0.4, 0.5) is 4.79 Å². The Balaban J connectivity index is 2.98. The topological polar surface area (TPSA) is 72.5 Å². The number of carbonyl (C=O) groups excluding carboxylic acids is 1. The summed E-state index contributed by atoms with van der Waals surface area (Å²) in [6.07, 6.45) is 0.239. The van der Waals surface area contributed by atoms with Crippen LogP contribution in [0.3, 0.4) is 0 Å². The van der Waals surface area contributed by atoms with Crippen molar-refractivity contribution in [1.82, 2.24) is 5.32 Å². The van der Waals surface area contributed by atoms with Crippen LogP contribution < -0.4 is 5.32 Å². The van der Waals surface area contributed by atoms with E-state index in [1.54, 1.807) is 45.0 Å². The molecule has 1 N–H and O–H groups in total. The number of nitrogens with one attached hydrogen (secondary N) is 1. The monoisotopic (exact) mass is 327 g/mol. The van der Waals surface area contributed by atoms with E-state index in [1.807, 2.05) is 13.8 Å². The number of ether oxygens (including phenoxy) is 1. The quantitative estimate of drug-likeness (QED) is 0.899. The van der Waals surface area contributed by atoms with E-state index in [0.29, 0.717) is 12.8 Å². The van der Waals surface area contributed by atoms with Crippen molar-refractivity contribution < 1.29 is 17.9 Å². The van der Waals surface area contributed by atoms with Gasteiger partial charge >= 0.3 is 6.09 Å². The van der Waals surface area contributed by atoms with Crippen molar-refractivity contribution in [2.45, 2.75) is 63.3 Å². The zero-order valence-corrected chi connectivity index (χ0v) is 14.7. The van der Waals surface area contributed by atoms with Gasteiger partial charge in [0.25, 0.3) is 0 Å². The highest BCUT2D eigenvalue weighted by atomic mass is 32.2. The molecule has 0 aliphatic carbocycles. The van der Waals surface area contributed by atoms with Gasteiger partial charge in [0.15, 0.2) is 9.84 Å². The van der Waals surface area contributed by atoms with Crippen LogP contribution in [0.25, 0.3) is 0 Å². The molecule has 0 saturated carbocycles. The number of benzene rings is 1. The molecule has 0 aliphatic heterocycles. The van der Waals surface area contributed by atoms with Gasteiger partial charge in [0, 0.05) is 0 Å². The number of hydrogen-bond donors (Lipinski definition) is 1. The second-order valence-electron chi connectivity index (χ2n) is 6.28. The maximum absolute atomic E-state index is 12.7. The van der Waals surface area contributed by atoms with Gasteiger partial charge in [0.1, 0.15) is 11.0 Å². The molecule has 0 fully saturated rings. The number of sulfone groups is 1. The standard InChI is InChI=1S/C16H25NO4S/c1-6-7-14(17-15(18)21-16(3,4)5)22(19,20)13-10-8-12(2)9-11-13/h8-11,14H,6-7H2,1-5H3,(H,17,18). The summed E-state index contributed by atoms with van der Waals surface area (Å²) >= 11 is 0. The van der Waals surface area contributed by atoms with Gasteiger partial charge in [-0.25, -0.2) is 13.2 Å². The molecule has 1 aromatic carbocycles. The Kier molecular flexibility index (Phi) is 6.00. The minimum Gasteiger partial charge on any atom is -0.444 e. The average Bonchev–Trinajstić information content (AvgIpc) is 2.36. The Labute approximate surface area is 133 Å². The van der Waals surface area contributed by atoms with E-state index in [0.717, 1.165) is 5.56 Å². The van der Waals surface area contributed by atoms with Crippen LogP contribution in [0.2, 0.25) is 0 Å². The molecule has 0 saturated heterocycles. The van der Waals surface area contributed by atoms with E-state index in [9.17, 15) is 13.2 Å². The lowest BCUT2D eigenvalue weighted by atomic mass is 10.2. The number of amides is 1. The van der Waals surface area contributed by atoms with E-state index in [-0.39, 0.29) is 4.90 Å². The second kappa shape index (κ2) is 7.13. The summed E-state index contributed by atoms with van der Waals surface area (Å²) in [4.78, 5) is 12.1. The SMILES string of the molecule is CCCC(NC(=O)OC(C)(C)C)S(=O)(=O)c1ccc(C)cc1. The first-order valence-corrected chi connectivity index (χ1v) is 8.91. The summed E-state index contributed by atoms with van der Waals surface area (Å²) in [5, 5.41) is 1.49. The Morgan fingerprint density at radius 1 is 1.23 bits per heavy atom. The third-order valence-electron chi connectivity index (χ3n) is 2.95. The summed E-state index contributed by atoms with van der Waals surface area (Å²) in [5.41, 5.74) is 0.306. The van der Waals surface area contributed by atoms with E-state index < -0.39 is 26.9 Å². The number of hydrogen-bond acceptors (Lipinski definition) is 4. The van der Waals surface area contributed by atoms with Gasteiger partial charge in [0.2, 0.25) is 0 Å². The van der Waals surface area contributed by atoms with Crippen molar-refractivity contribution in [2.75, 3.05) is 0 Å². The van der Waals surface area contributed by atoms with Crippen molar-refractivity contribution in [3.63, 3.8) is 0 Å². The molecule has 6 heteroatoms. The minimum atomic E-state index is -3.64. The summed E-state index contributed by atoms with van der Waals surface area (Å²) in [6, 6.07) is 6.60. The molecule has 1 aromatic rings. The van der Waals surface area contributed by atoms with Gasteiger partial charge in [-0.3, -0.25) is 0 Å². The molecule has 22 heavy (non-hydrogen) atoms. The number of carbonyl (C=O) groups is 1. The molecule has 0 heterocycles. The first-order chi connectivity index (χ1) is 10.1. The molecule has 0 aliphatic rings. The highest BCUT2D eigenvalue weighted by Crippen LogP contribution is 2.19. The van der Waals surface area contributed by atoms with E-state index in [1.165, 1.54) is 0 Å². The van der Waals surface area contributed by atoms with Crippen molar-refractivity contribution in [1.29, 1.82) is 0 Å². The number of alkyl carbamates (subject to hydrolysis) is 1. The van der Waals surface area contributed by atoms with Crippen LogP contribution in [-0.4, -0.2) is 25.5 Å². The van der Waals surface area contributed by atoms with Crippen LogP contribution >= 0.6 is 0 Å². The first-order valence-electron chi connectivity index (χ1n) is 7.36. The van der Waals surface area contributed by atoms with Gasteiger partial charge in [-0.2, -0.15) is 0 Å². The maximum Gasteiger partial charge on any atom is 0.408 e. The second-order valence-corrected chi connectivity index (χ2v) is 8.41. The Morgan fingerprint density at radius 2 is 1.77 bits per heavy atom. The van der Waals surface area contributed by atoms with E-state index in [4.69, 9.17) is 4.74 Å². The molecule has 124 valence electrons. The molecule has 0 aromatic heterocycles. The lowest BCUT2D eigenvalue weighted by molar-refractivity contribution is 0.0518. The Hall–Kier alpha value is -1.56. The molecule has 0 spiro atoms. The smallest absolute Gasteiger partial charge is 0.408 e. The van der Waals surface area contributed by atoms with Crippen LogP contribution in [0.1, 0.15) is 46.1 Å². The number of rotatable bonds is 5. The minimum absolute atomic E-state index is 0.201. The molecule has 0 bridgehead atoms. The van der Waals surface area contributed by atoms with Gasteiger partial charge in [-0.15, -0.1) is 0 Å². The molecule has 1 atom stereocenters. The Morgan fingerprint density at radius 3 is 2.23 bits per heavy atom. The Bertz CT molecular complexity index is 600. The predicted octanol–water partition coefficient (Wildman–Crippen LogP) is 3.42. The zero-order chi connectivity index (χ0) is 17.0. The molecule has 0 radical (unpaired) electrons. The van der Waals surface area contributed by atoms with Crippen molar-refractivity contribution in [2.24, 2.45) is 0 Å². The number of aryl methyl sites for hydroxylation is 1. The van der Waals surface area contributed by atoms with Crippen LogP contribution in [-0.2, 0) is 14.6 Å². The largest absolute Gasteiger partial charge is 0.444 e. The van der Waals surface area contributed by atoms with Crippen LogP contribution in [0.15, 0.2) is 29.2 Å². The van der Waals surface area contributed by atoms with E-state index >= 15 is 0 Å². The van der Waals surface area contributed by atoms with Crippen molar-refractivity contribution in [3.05, 3.63) is 29.8 Å². The fourth-order valence-corrected chi connectivity index (χ4v) is 3.54. The summed E-state index contributed by atoms with van der Waals surface area (Å²) < 4.78 is 30.5. The predicted molar refractivity (Wildman–Crippen MR) is 86.4 cm³/mol. The first kappa shape index (κ1) is 18.5. The summed E-state index contributed by atoms with van der Waals surface area (Å²) in [5.74, 6) is 0. The van der Waals surface area contributed by atoms with Gasteiger partial charge in [0.05, 0.1) is 4.90 Å². The fourth-order valence-electron chi connectivity index (χ4n) is 1.90. The lowest BCUT2D eigenvalue weighted by Crippen LogP contribution is -2.43. The average molecular weight is 327 g/mol. The molecular weight excluding hydrogens is 302 g/mol. The highest BCUT2D eigenvalue weighted by molar-refractivity contribution is 7.92. The fraction of sp³-hybridized carbons (Fsp3) is 0.562. The molecule has 5 nitrogen and oxygen atoms in total. The summed E-state index contributed by atoms with van der Waals surface area (Å²) in [6.45, 7) is 8.95. The van der Waals surface area contributed by atoms with Crippen molar-refractivity contribution >= 4 is 15.9 Å². The third-order valence-corrected chi connectivity index (χ3v) is 4.98.